The molecule has 0 aromatic carbocycles. The quantitative estimate of drug-likeness (QED) is 0.0262. The lowest BCUT2D eigenvalue weighted by molar-refractivity contribution is -0.167. The standard InChI is InChI=1S/C57H104O6/c1-4-7-10-13-16-19-22-25-28-29-30-33-35-38-41-44-47-50-56(59)62-53-54(63-57(60)51-48-45-42-39-36-32-27-24-21-18-15-12-9-6-3)52-61-55(58)49-46-43-40-37-34-31-26-23-20-17-14-11-8-5-2/h15,18,23-24,26-27,54H,4-14,16-17,19-22,25,28-53H2,1-3H3/b18-15-,26-23-,27-24-. The minimum Gasteiger partial charge on any atom is -0.462 e. The minimum atomic E-state index is -0.779. The van der Waals surface area contributed by atoms with Gasteiger partial charge in [0.2, 0.25) is 0 Å². The molecule has 0 rings (SSSR count). The van der Waals surface area contributed by atoms with Crippen LogP contribution in [0.15, 0.2) is 36.5 Å². The molecule has 0 heterocycles. The lowest BCUT2D eigenvalue weighted by Crippen LogP contribution is -2.30. The van der Waals surface area contributed by atoms with Crippen molar-refractivity contribution >= 4 is 17.9 Å². The zero-order chi connectivity index (χ0) is 45.8. The van der Waals surface area contributed by atoms with E-state index in [9.17, 15) is 14.4 Å². The summed E-state index contributed by atoms with van der Waals surface area (Å²) in [6, 6.07) is 0. The summed E-state index contributed by atoms with van der Waals surface area (Å²) in [5, 5.41) is 0. The first-order valence-corrected chi connectivity index (χ1v) is 27.5. The molecule has 1 atom stereocenters. The van der Waals surface area contributed by atoms with Crippen molar-refractivity contribution in [3.05, 3.63) is 36.5 Å². The topological polar surface area (TPSA) is 78.9 Å². The Bertz CT molecular complexity index is 1060. The summed E-state index contributed by atoms with van der Waals surface area (Å²) in [5.74, 6) is -0.887. The van der Waals surface area contributed by atoms with Crippen molar-refractivity contribution in [3.63, 3.8) is 0 Å². The summed E-state index contributed by atoms with van der Waals surface area (Å²) in [4.78, 5) is 38.0. The molecule has 6 nitrogen and oxygen atoms in total. The number of allylic oxidation sites excluding steroid dienone is 6. The van der Waals surface area contributed by atoms with E-state index >= 15 is 0 Å². The zero-order valence-electron chi connectivity index (χ0n) is 42.1. The second kappa shape index (κ2) is 52.3. The highest BCUT2D eigenvalue weighted by atomic mass is 16.6. The first-order chi connectivity index (χ1) is 31.0. The Hall–Kier alpha value is -2.37. The van der Waals surface area contributed by atoms with Gasteiger partial charge in [0.05, 0.1) is 0 Å². The van der Waals surface area contributed by atoms with Gasteiger partial charge in [-0.15, -0.1) is 0 Å². The van der Waals surface area contributed by atoms with Gasteiger partial charge in [0.1, 0.15) is 13.2 Å². The van der Waals surface area contributed by atoms with Crippen molar-refractivity contribution in [1.82, 2.24) is 0 Å². The molecule has 0 aromatic heterocycles. The molecule has 1 unspecified atom stereocenters. The lowest BCUT2D eigenvalue weighted by Gasteiger charge is -2.18. The Kier molecular flexibility index (Phi) is 50.3. The first kappa shape index (κ1) is 60.6. The maximum atomic E-state index is 12.8. The number of carbonyl (C=O) groups excluding carboxylic acids is 3. The van der Waals surface area contributed by atoms with Gasteiger partial charge in [-0.05, 0) is 70.6 Å². The molecule has 368 valence electrons. The maximum Gasteiger partial charge on any atom is 0.306 e. The van der Waals surface area contributed by atoms with Crippen LogP contribution in [0.2, 0.25) is 0 Å². The Morgan fingerprint density at radius 3 is 0.937 bits per heavy atom. The first-order valence-electron chi connectivity index (χ1n) is 27.5. The van der Waals surface area contributed by atoms with Crippen molar-refractivity contribution in [3.8, 4) is 0 Å². The highest BCUT2D eigenvalue weighted by Crippen LogP contribution is 2.16. The SMILES string of the molecule is CCCC/C=C\C/C=C\CCCCCCCC(=O)OC(COC(=O)CCCCCCC/C=C\CCCCCCC)COC(=O)CCCCCCCCCCCCCCCCCCC. The van der Waals surface area contributed by atoms with E-state index < -0.39 is 6.10 Å². The van der Waals surface area contributed by atoms with Crippen LogP contribution in [0.25, 0.3) is 0 Å². The normalized spacial score (nSPS) is 12.2. The summed E-state index contributed by atoms with van der Waals surface area (Å²) in [6.07, 6.45) is 61.3. The van der Waals surface area contributed by atoms with Crippen molar-refractivity contribution in [2.75, 3.05) is 13.2 Å². The largest absolute Gasteiger partial charge is 0.462 e. The van der Waals surface area contributed by atoms with Gasteiger partial charge in [-0.1, -0.05) is 237 Å². The third kappa shape index (κ3) is 50.5. The molecule has 0 N–H and O–H groups in total. The van der Waals surface area contributed by atoms with Gasteiger partial charge in [0, 0.05) is 19.3 Å². The van der Waals surface area contributed by atoms with Crippen LogP contribution >= 0.6 is 0 Å². The number of ether oxygens (including phenoxy) is 3. The van der Waals surface area contributed by atoms with E-state index in [0.29, 0.717) is 19.3 Å². The summed E-state index contributed by atoms with van der Waals surface area (Å²) in [6.45, 7) is 6.60. The van der Waals surface area contributed by atoms with Crippen molar-refractivity contribution < 1.29 is 28.6 Å². The molecule has 63 heavy (non-hydrogen) atoms. The van der Waals surface area contributed by atoms with Gasteiger partial charge in [-0.3, -0.25) is 14.4 Å². The van der Waals surface area contributed by atoms with Gasteiger partial charge in [-0.25, -0.2) is 0 Å². The Morgan fingerprint density at radius 1 is 0.317 bits per heavy atom. The van der Waals surface area contributed by atoms with E-state index in [1.807, 2.05) is 0 Å². The van der Waals surface area contributed by atoms with Crippen LogP contribution < -0.4 is 0 Å². The van der Waals surface area contributed by atoms with Crippen LogP contribution in [0.5, 0.6) is 0 Å². The molecule has 0 aliphatic carbocycles. The van der Waals surface area contributed by atoms with Gasteiger partial charge in [0.15, 0.2) is 6.10 Å². The van der Waals surface area contributed by atoms with E-state index in [4.69, 9.17) is 14.2 Å². The molecule has 0 spiro atoms. The monoisotopic (exact) mass is 885 g/mol. The fraction of sp³-hybridized carbons (Fsp3) is 0.842. The molecule has 0 fully saturated rings. The third-order valence-electron chi connectivity index (χ3n) is 12.1. The second-order valence-corrected chi connectivity index (χ2v) is 18.5. The molecule has 0 radical (unpaired) electrons. The van der Waals surface area contributed by atoms with E-state index in [-0.39, 0.29) is 31.1 Å². The summed E-state index contributed by atoms with van der Waals surface area (Å²) < 4.78 is 16.8. The van der Waals surface area contributed by atoms with Gasteiger partial charge < -0.3 is 14.2 Å². The fourth-order valence-electron chi connectivity index (χ4n) is 7.93. The predicted octanol–water partition coefficient (Wildman–Crippen LogP) is 18.1. The highest BCUT2D eigenvalue weighted by Gasteiger charge is 2.19. The Balaban J connectivity index is 4.36. The number of esters is 3. The highest BCUT2D eigenvalue weighted by molar-refractivity contribution is 5.71. The van der Waals surface area contributed by atoms with E-state index in [2.05, 4.69) is 57.2 Å². The Morgan fingerprint density at radius 2 is 0.587 bits per heavy atom. The van der Waals surface area contributed by atoms with E-state index in [1.165, 1.54) is 161 Å². The summed E-state index contributed by atoms with van der Waals surface area (Å²) >= 11 is 0. The average Bonchev–Trinajstić information content (AvgIpc) is 3.28. The molecule has 0 bridgehead atoms. The van der Waals surface area contributed by atoms with Crippen LogP contribution in [-0.4, -0.2) is 37.2 Å². The van der Waals surface area contributed by atoms with Crippen LogP contribution in [0.4, 0.5) is 0 Å². The van der Waals surface area contributed by atoms with E-state index in [0.717, 1.165) is 89.9 Å². The lowest BCUT2D eigenvalue weighted by atomic mass is 10.0. The maximum absolute atomic E-state index is 12.8. The summed E-state index contributed by atoms with van der Waals surface area (Å²) in [5.41, 5.74) is 0. The molecule has 0 aliphatic heterocycles. The fourth-order valence-corrected chi connectivity index (χ4v) is 7.93. The predicted molar refractivity (Wildman–Crippen MR) is 270 cm³/mol. The molecule has 6 heteroatoms. The van der Waals surface area contributed by atoms with Gasteiger partial charge in [0.25, 0.3) is 0 Å². The summed E-state index contributed by atoms with van der Waals surface area (Å²) in [7, 11) is 0. The number of hydrogen-bond acceptors (Lipinski definition) is 6. The number of hydrogen-bond donors (Lipinski definition) is 0. The molecule has 0 saturated carbocycles. The van der Waals surface area contributed by atoms with Crippen LogP contribution in [0.1, 0.15) is 290 Å². The minimum absolute atomic E-state index is 0.0772. The van der Waals surface area contributed by atoms with E-state index in [1.54, 1.807) is 0 Å². The molecule has 0 aliphatic rings. The third-order valence-corrected chi connectivity index (χ3v) is 12.1. The molecule has 0 aromatic rings. The average molecular weight is 885 g/mol. The molecular weight excluding hydrogens is 781 g/mol. The Labute approximate surface area is 391 Å². The number of unbranched alkanes of at least 4 members (excludes halogenated alkanes) is 33. The smallest absolute Gasteiger partial charge is 0.306 e. The number of rotatable bonds is 50. The molecule has 0 saturated heterocycles. The van der Waals surface area contributed by atoms with Gasteiger partial charge in [-0.2, -0.15) is 0 Å². The van der Waals surface area contributed by atoms with Crippen molar-refractivity contribution in [2.45, 2.75) is 297 Å². The van der Waals surface area contributed by atoms with Gasteiger partial charge >= 0.3 is 17.9 Å². The zero-order valence-corrected chi connectivity index (χ0v) is 42.1. The molecule has 0 amide bonds. The molecular formula is C57H104O6. The van der Waals surface area contributed by atoms with Crippen LogP contribution in [0.3, 0.4) is 0 Å². The van der Waals surface area contributed by atoms with Crippen molar-refractivity contribution in [1.29, 1.82) is 0 Å². The second-order valence-electron chi connectivity index (χ2n) is 18.5. The van der Waals surface area contributed by atoms with Crippen LogP contribution in [0, 0.1) is 0 Å². The number of carbonyl (C=O) groups is 3. The van der Waals surface area contributed by atoms with Crippen LogP contribution in [-0.2, 0) is 28.6 Å². The van der Waals surface area contributed by atoms with Crippen molar-refractivity contribution in [2.24, 2.45) is 0 Å².